The maximum Gasteiger partial charge on any atom is 0.342 e. The molecule has 0 aliphatic heterocycles. The van der Waals surface area contributed by atoms with Crippen LogP contribution in [0.2, 0.25) is 0 Å². The lowest BCUT2D eigenvalue weighted by atomic mass is 10.1. The first-order valence-corrected chi connectivity index (χ1v) is 6.62. The van der Waals surface area contributed by atoms with Crippen molar-refractivity contribution in [3.63, 3.8) is 0 Å². The van der Waals surface area contributed by atoms with Crippen LogP contribution in [0.4, 0.5) is 0 Å². The van der Waals surface area contributed by atoms with Crippen LogP contribution < -0.4 is 0 Å². The van der Waals surface area contributed by atoms with Gasteiger partial charge in [0.1, 0.15) is 10.7 Å². The van der Waals surface area contributed by atoms with Crippen molar-refractivity contribution in [2.24, 2.45) is 0 Å². The van der Waals surface area contributed by atoms with Gasteiger partial charge < -0.3 is 10.2 Å². The highest BCUT2D eigenvalue weighted by Crippen LogP contribution is 2.25. The molecule has 3 N–H and O–H groups in total. The maximum absolute atomic E-state index is 11.2. The highest BCUT2D eigenvalue weighted by Gasteiger charge is 2.13. The van der Waals surface area contributed by atoms with Crippen LogP contribution in [0.5, 0.6) is 0 Å². The van der Waals surface area contributed by atoms with Crippen LogP contribution in [0.1, 0.15) is 21.7 Å². The van der Waals surface area contributed by atoms with Crippen LogP contribution in [0, 0.1) is 6.92 Å². The number of hydrogen-bond acceptors (Lipinski definition) is 5. The van der Waals surface area contributed by atoms with E-state index in [0.717, 1.165) is 11.8 Å². The van der Waals surface area contributed by atoms with Crippen molar-refractivity contribution < 1.29 is 19.8 Å². The maximum atomic E-state index is 11.2. The molecule has 1 aromatic carbocycles. The SMILES string of the molecule is Cc1nc(SC(=Cc2ccc(C(=O)O)cc2)C(=O)O)n[nH]1. The van der Waals surface area contributed by atoms with E-state index in [0.29, 0.717) is 16.5 Å². The highest BCUT2D eigenvalue weighted by atomic mass is 32.2. The molecule has 0 spiro atoms. The number of rotatable bonds is 5. The third-order valence-corrected chi connectivity index (χ3v) is 3.32. The summed E-state index contributed by atoms with van der Waals surface area (Å²) >= 11 is 0.915. The number of carboxylic acids is 2. The molecule has 0 bridgehead atoms. The van der Waals surface area contributed by atoms with E-state index in [2.05, 4.69) is 15.2 Å². The Kier molecular flexibility index (Phi) is 4.39. The molecule has 1 aromatic heterocycles. The van der Waals surface area contributed by atoms with Crippen LogP contribution in [0.3, 0.4) is 0 Å². The van der Waals surface area contributed by atoms with Crippen molar-refractivity contribution in [2.45, 2.75) is 12.1 Å². The van der Waals surface area contributed by atoms with E-state index in [1.807, 2.05) is 0 Å². The molecule has 0 aliphatic carbocycles. The second kappa shape index (κ2) is 6.23. The number of aryl methyl sites for hydroxylation is 1. The summed E-state index contributed by atoms with van der Waals surface area (Å²) in [4.78, 5) is 26.1. The summed E-state index contributed by atoms with van der Waals surface area (Å²) in [5.41, 5.74) is 0.721. The molecule has 0 aliphatic rings. The number of aromatic carboxylic acids is 1. The Morgan fingerprint density at radius 1 is 1.24 bits per heavy atom. The number of nitrogens with zero attached hydrogens (tertiary/aromatic N) is 2. The Balaban J connectivity index is 2.24. The number of aromatic amines is 1. The molecular formula is C13H11N3O4S. The van der Waals surface area contributed by atoms with Gasteiger partial charge in [-0.15, -0.1) is 5.10 Å². The van der Waals surface area contributed by atoms with Crippen LogP contribution in [-0.2, 0) is 4.79 Å². The summed E-state index contributed by atoms with van der Waals surface area (Å²) < 4.78 is 0. The van der Waals surface area contributed by atoms with Gasteiger partial charge in [-0.1, -0.05) is 12.1 Å². The zero-order chi connectivity index (χ0) is 15.4. The lowest BCUT2D eigenvalue weighted by molar-refractivity contribution is -0.131. The second-order valence-corrected chi connectivity index (χ2v) is 5.06. The molecule has 1 heterocycles. The summed E-state index contributed by atoms with van der Waals surface area (Å²) in [7, 11) is 0. The summed E-state index contributed by atoms with van der Waals surface area (Å²) in [5.74, 6) is -1.55. The Hall–Kier alpha value is -2.61. The molecule has 21 heavy (non-hydrogen) atoms. The molecule has 0 saturated carbocycles. The molecule has 0 unspecified atom stereocenters. The lowest BCUT2D eigenvalue weighted by Gasteiger charge is -2.00. The van der Waals surface area contributed by atoms with Gasteiger partial charge in [0.05, 0.1) is 5.56 Å². The van der Waals surface area contributed by atoms with Crippen LogP contribution in [0.15, 0.2) is 34.3 Å². The zero-order valence-electron chi connectivity index (χ0n) is 10.9. The molecule has 0 saturated heterocycles. The van der Waals surface area contributed by atoms with Gasteiger partial charge in [-0.25, -0.2) is 14.6 Å². The summed E-state index contributed by atoms with van der Waals surface area (Å²) in [6.07, 6.45) is 1.43. The molecule has 0 amide bonds. The van der Waals surface area contributed by atoms with Crippen molar-refractivity contribution >= 4 is 29.8 Å². The summed E-state index contributed by atoms with van der Waals surface area (Å²) in [6.45, 7) is 1.71. The fraction of sp³-hybridized carbons (Fsp3) is 0.0769. The topological polar surface area (TPSA) is 116 Å². The molecule has 7 nitrogen and oxygen atoms in total. The number of thioether (sulfide) groups is 1. The number of aromatic nitrogens is 3. The van der Waals surface area contributed by atoms with E-state index in [9.17, 15) is 14.7 Å². The van der Waals surface area contributed by atoms with E-state index in [-0.39, 0.29) is 10.5 Å². The quantitative estimate of drug-likeness (QED) is 0.571. The molecule has 8 heteroatoms. The van der Waals surface area contributed by atoms with E-state index in [1.165, 1.54) is 30.3 Å². The number of aliphatic carboxylic acids is 1. The van der Waals surface area contributed by atoms with Crippen molar-refractivity contribution in [1.82, 2.24) is 15.2 Å². The third kappa shape index (κ3) is 3.93. The fourth-order valence-electron chi connectivity index (χ4n) is 1.47. The zero-order valence-corrected chi connectivity index (χ0v) is 11.7. The largest absolute Gasteiger partial charge is 0.478 e. The fourth-order valence-corrected chi connectivity index (χ4v) is 2.23. The standard InChI is InChI=1S/C13H11N3O4S/c1-7-14-13(16-15-7)21-10(12(19)20)6-8-2-4-9(5-3-8)11(17)18/h2-6H,1H3,(H,17,18)(H,19,20)(H,14,15,16). The number of carboxylic acid groups (broad SMARTS) is 2. The third-order valence-electron chi connectivity index (χ3n) is 2.44. The van der Waals surface area contributed by atoms with E-state index >= 15 is 0 Å². The number of carbonyl (C=O) groups is 2. The monoisotopic (exact) mass is 305 g/mol. The molecule has 2 rings (SSSR count). The van der Waals surface area contributed by atoms with Gasteiger partial charge in [-0.3, -0.25) is 5.10 Å². The normalized spacial score (nSPS) is 11.4. The smallest absolute Gasteiger partial charge is 0.342 e. The lowest BCUT2D eigenvalue weighted by Crippen LogP contribution is -1.98. The average molecular weight is 305 g/mol. The predicted octanol–water partition coefficient (Wildman–Crippen LogP) is 2.03. The first-order chi connectivity index (χ1) is 9.95. The van der Waals surface area contributed by atoms with E-state index in [1.54, 1.807) is 6.92 Å². The number of hydrogen-bond donors (Lipinski definition) is 3. The summed E-state index contributed by atoms with van der Waals surface area (Å²) in [5, 5.41) is 24.8. The van der Waals surface area contributed by atoms with Gasteiger partial charge in [-0.2, -0.15) is 0 Å². The van der Waals surface area contributed by atoms with Gasteiger partial charge in [0.15, 0.2) is 0 Å². The second-order valence-electron chi connectivity index (χ2n) is 4.05. The van der Waals surface area contributed by atoms with Gasteiger partial charge in [-0.05, 0) is 42.5 Å². The Bertz CT molecular complexity index is 706. The average Bonchev–Trinajstić information content (AvgIpc) is 2.84. The van der Waals surface area contributed by atoms with Gasteiger partial charge in [0, 0.05) is 0 Å². The minimum Gasteiger partial charge on any atom is -0.478 e. The van der Waals surface area contributed by atoms with Gasteiger partial charge in [0.25, 0.3) is 0 Å². The van der Waals surface area contributed by atoms with Gasteiger partial charge >= 0.3 is 11.9 Å². The van der Waals surface area contributed by atoms with Crippen molar-refractivity contribution in [2.75, 3.05) is 0 Å². The number of benzene rings is 1. The Labute approximate surface area is 123 Å². The first-order valence-electron chi connectivity index (χ1n) is 5.81. The molecule has 0 radical (unpaired) electrons. The number of H-pyrrole nitrogens is 1. The van der Waals surface area contributed by atoms with Crippen LogP contribution in [0.25, 0.3) is 6.08 Å². The molecule has 0 fully saturated rings. The van der Waals surface area contributed by atoms with Crippen molar-refractivity contribution in [3.8, 4) is 0 Å². The van der Waals surface area contributed by atoms with E-state index in [4.69, 9.17) is 5.11 Å². The van der Waals surface area contributed by atoms with Crippen molar-refractivity contribution in [3.05, 3.63) is 46.1 Å². The molecule has 2 aromatic rings. The van der Waals surface area contributed by atoms with Crippen LogP contribution in [-0.4, -0.2) is 37.3 Å². The predicted molar refractivity (Wildman–Crippen MR) is 76.0 cm³/mol. The molecule has 0 atom stereocenters. The number of nitrogens with one attached hydrogen (secondary N) is 1. The minimum atomic E-state index is -1.11. The van der Waals surface area contributed by atoms with Crippen molar-refractivity contribution in [1.29, 1.82) is 0 Å². The highest BCUT2D eigenvalue weighted by molar-refractivity contribution is 8.04. The molecule has 108 valence electrons. The Morgan fingerprint density at radius 3 is 2.38 bits per heavy atom. The summed E-state index contributed by atoms with van der Waals surface area (Å²) in [6, 6.07) is 5.90. The first kappa shape index (κ1) is 14.8. The van der Waals surface area contributed by atoms with E-state index < -0.39 is 11.9 Å². The molecular weight excluding hydrogens is 294 g/mol. The van der Waals surface area contributed by atoms with Gasteiger partial charge in [0.2, 0.25) is 5.16 Å². The minimum absolute atomic E-state index is 0.0390. The van der Waals surface area contributed by atoms with Crippen LogP contribution >= 0.6 is 11.8 Å². The Morgan fingerprint density at radius 2 is 1.90 bits per heavy atom.